The molecule has 0 saturated heterocycles. The maximum atomic E-state index is 12.9. The van der Waals surface area contributed by atoms with E-state index in [0.717, 1.165) is 0 Å². The minimum Gasteiger partial charge on any atom is -0.410 e. The van der Waals surface area contributed by atoms with E-state index in [0.29, 0.717) is 5.75 Å². The Morgan fingerprint density at radius 3 is 2.44 bits per heavy atom. The van der Waals surface area contributed by atoms with Crippen molar-refractivity contribution in [3.05, 3.63) is 30.3 Å². The summed E-state index contributed by atoms with van der Waals surface area (Å²) in [5, 5.41) is 2.61. The Hall–Kier alpha value is -1.65. The van der Waals surface area contributed by atoms with Gasteiger partial charge in [0.1, 0.15) is 5.75 Å². The molecule has 3 nitrogen and oxygen atoms in total. The third kappa shape index (κ3) is 3.68. The van der Waals surface area contributed by atoms with Crippen LogP contribution in [0.15, 0.2) is 30.3 Å². The lowest BCUT2D eigenvalue weighted by Crippen LogP contribution is -2.41. The molecule has 1 aromatic rings. The highest BCUT2D eigenvalue weighted by Gasteiger charge is 2.35. The topological polar surface area (TPSA) is 38.3 Å². The fraction of sp³-hybridized carbons (Fsp3) is 0.462. The highest BCUT2D eigenvalue weighted by Crippen LogP contribution is 2.32. The molecule has 5 heteroatoms. The van der Waals surface area contributed by atoms with Crippen molar-refractivity contribution in [1.29, 1.82) is 0 Å². The Morgan fingerprint density at radius 1 is 1.22 bits per heavy atom. The van der Waals surface area contributed by atoms with E-state index in [-0.39, 0.29) is 31.7 Å². The van der Waals surface area contributed by atoms with Crippen molar-refractivity contribution < 1.29 is 18.3 Å². The first-order valence-electron chi connectivity index (χ1n) is 5.96. The Bertz CT molecular complexity index is 399. The van der Waals surface area contributed by atoms with Crippen LogP contribution in [0.3, 0.4) is 0 Å². The van der Waals surface area contributed by atoms with Gasteiger partial charge in [0, 0.05) is 18.9 Å². The Kier molecular flexibility index (Phi) is 3.79. The standard InChI is InChI=1S/C13H15F2NO2/c14-13(15)8-6-10(7-9-13)16-12(17)18-11-4-2-1-3-5-11/h1-5,10H,6-9H2,(H,16,17). The summed E-state index contributed by atoms with van der Waals surface area (Å²) in [4.78, 5) is 11.5. The van der Waals surface area contributed by atoms with Crippen LogP contribution in [0.5, 0.6) is 5.75 Å². The zero-order chi connectivity index (χ0) is 13.0. The van der Waals surface area contributed by atoms with Crippen molar-refractivity contribution in [3.63, 3.8) is 0 Å². The molecule has 0 bridgehead atoms. The smallest absolute Gasteiger partial charge is 0.410 e. The van der Waals surface area contributed by atoms with E-state index in [2.05, 4.69) is 5.32 Å². The van der Waals surface area contributed by atoms with Crippen LogP contribution in [-0.4, -0.2) is 18.1 Å². The quantitative estimate of drug-likeness (QED) is 0.880. The molecule has 0 radical (unpaired) electrons. The highest BCUT2D eigenvalue weighted by atomic mass is 19.3. The second-order valence-corrected chi connectivity index (χ2v) is 4.48. The van der Waals surface area contributed by atoms with Crippen molar-refractivity contribution in [1.82, 2.24) is 5.32 Å². The lowest BCUT2D eigenvalue weighted by molar-refractivity contribution is -0.0399. The predicted octanol–water partition coefficient (Wildman–Crippen LogP) is 3.35. The summed E-state index contributed by atoms with van der Waals surface area (Å²) in [6.45, 7) is 0. The molecule has 1 aliphatic carbocycles. The van der Waals surface area contributed by atoms with Crippen LogP contribution in [0, 0.1) is 0 Å². The van der Waals surface area contributed by atoms with Gasteiger partial charge < -0.3 is 10.1 Å². The largest absolute Gasteiger partial charge is 0.412 e. The highest BCUT2D eigenvalue weighted by molar-refractivity contribution is 5.70. The van der Waals surface area contributed by atoms with E-state index in [9.17, 15) is 13.6 Å². The van der Waals surface area contributed by atoms with Gasteiger partial charge in [0.2, 0.25) is 5.92 Å². The number of rotatable bonds is 2. The number of nitrogens with one attached hydrogen (secondary N) is 1. The summed E-state index contributed by atoms with van der Waals surface area (Å²) < 4.78 is 30.9. The van der Waals surface area contributed by atoms with Gasteiger partial charge in [-0.15, -0.1) is 0 Å². The van der Waals surface area contributed by atoms with Gasteiger partial charge in [-0.2, -0.15) is 0 Å². The Morgan fingerprint density at radius 2 is 1.83 bits per heavy atom. The number of ether oxygens (including phenoxy) is 1. The van der Waals surface area contributed by atoms with Crippen molar-refractivity contribution in [2.24, 2.45) is 0 Å². The molecule has 18 heavy (non-hydrogen) atoms. The Balaban J connectivity index is 1.79. The molecule has 1 saturated carbocycles. The van der Waals surface area contributed by atoms with Crippen LogP contribution in [0.2, 0.25) is 0 Å². The van der Waals surface area contributed by atoms with Gasteiger partial charge in [-0.25, -0.2) is 13.6 Å². The molecule has 1 amide bonds. The van der Waals surface area contributed by atoms with Gasteiger partial charge in [-0.1, -0.05) is 18.2 Å². The van der Waals surface area contributed by atoms with Gasteiger partial charge in [-0.05, 0) is 25.0 Å². The number of amides is 1. The summed E-state index contributed by atoms with van der Waals surface area (Å²) in [6, 6.07) is 8.42. The molecule has 1 aliphatic rings. The minimum atomic E-state index is -2.58. The number of carbonyl (C=O) groups is 1. The van der Waals surface area contributed by atoms with Gasteiger partial charge in [0.25, 0.3) is 0 Å². The lowest BCUT2D eigenvalue weighted by Gasteiger charge is -2.28. The molecular formula is C13H15F2NO2. The van der Waals surface area contributed by atoms with Gasteiger partial charge in [0.15, 0.2) is 0 Å². The van der Waals surface area contributed by atoms with E-state index < -0.39 is 12.0 Å². The Labute approximate surface area is 104 Å². The van der Waals surface area contributed by atoms with E-state index >= 15 is 0 Å². The second kappa shape index (κ2) is 5.33. The summed E-state index contributed by atoms with van der Waals surface area (Å²) in [5.41, 5.74) is 0. The van der Waals surface area contributed by atoms with Gasteiger partial charge >= 0.3 is 6.09 Å². The molecule has 0 heterocycles. The molecular weight excluding hydrogens is 240 g/mol. The third-order valence-corrected chi connectivity index (χ3v) is 2.99. The van der Waals surface area contributed by atoms with Crippen LogP contribution in [0.1, 0.15) is 25.7 Å². The second-order valence-electron chi connectivity index (χ2n) is 4.48. The van der Waals surface area contributed by atoms with Crippen molar-refractivity contribution >= 4 is 6.09 Å². The maximum absolute atomic E-state index is 12.9. The van der Waals surface area contributed by atoms with Crippen LogP contribution < -0.4 is 10.1 Å². The van der Waals surface area contributed by atoms with Crippen molar-refractivity contribution in [2.45, 2.75) is 37.6 Å². The number of hydrogen-bond acceptors (Lipinski definition) is 2. The predicted molar refractivity (Wildman–Crippen MR) is 62.8 cm³/mol. The van der Waals surface area contributed by atoms with E-state index in [1.165, 1.54) is 0 Å². The number of hydrogen-bond donors (Lipinski definition) is 1. The van der Waals surface area contributed by atoms with Crippen LogP contribution in [0.25, 0.3) is 0 Å². The molecule has 1 fully saturated rings. The number of carbonyl (C=O) groups excluding carboxylic acids is 1. The zero-order valence-corrected chi connectivity index (χ0v) is 9.86. The first-order chi connectivity index (χ1) is 8.55. The van der Waals surface area contributed by atoms with Crippen LogP contribution in [-0.2, 0) is 0 Å². The average molecular weight is 255 g/mol. The fourth-order valence-electron chi connectivity index (χ4n) is 1.98. The van der Waals surface area contributed by atoms with E-state index in [1.54, 1.807) is 24.3 Å². The lowest BCUT2D eigenvalue weighted by atomic mass is 9.92. The molecule has 1 N–H and O–H groups in total. The van der Waals surface area contributed by atoms with Crippen LogP contribution >= 0.6 is 0 Å². The molecule has 0 aromatic heterocycles. The molecule has 0 spiro atoms. The monoisotopic (exact) mass is 255 g/mol. The number of benzene rings is 1. The summed E-state index contributed by atoms with van der Waals surface area (Å²) in [5.74, 6) is -2.14. The summed E-state index contributed by atoms with van der Waals surface area (Å²) in [7, 11) is 0. The maximum Gasteiger partial charge on any atom is 0.412 e. The first kappa shape index (κ1) is 12.8. The van der Waals surface area contributed by atoms with Crippen molar-refractivity contribution in [2.75, 3.05) is 0 Å². The van der Waals surface area contributed by atoms with Gasteiger partial charge in [-0.3, -0.25) is 0 Å². The first-order valence-corrected chi connectivity index (χ1v) is 5.96. The summed E-state index contributed by atoms with van der Waals surface area (Å²) >= 11 is 0. The molecule has 0 unspecified atom stereocenters. The molecule has 1 aromatic carbocycles. The zero-order valence-electron chi connectivity index (χ0n) is 9.86. The third-order valence-electron chi connectivity index (χ3n) is 2.99. The minimum absolute atomic E-state index is 0.177. The normalized spacial score (nSPS) is 19.2. The SMILES string of the molecule is O=C(NC1CCC(F)(F)CC1)Oc1ccccc1. The molecule has 98 valence electrons. The van der Waals surface area contributed by atoms with Gasteiger partial charge in [0.05, 0.1) is 0 Å². The number of halogens is 2. The number of alkyl halides is 2. The molecule has 2 rings (SSSR count). The van der Waals surface area contributed by atoms with Crippen LogP contribution in [0.4, 0.5) is 13.6 Å². The number of para-hydroxylation sites is 1. The van der Waals surface area contributed by atoms with E-state index in [4.69, 9.17) is 4.74 Å². The van der Waals surface area contributed by atoms with E-state index in [1.807, 2.05) is 6.07 Å². The summed E-state index contributed by atoms with van der Waals surface area (Å²) in [6.07, 6.45) is -0.364. The fourth-order valence-corrected chi connectivity index (χ4v) is 1.98. The molecule has 0 atom stereocenters. The average Bonchev–Trinajstić information content (AvgIpc) is 2.33. The van der Waals surface area contributed by atoms with Crippen molar-refractivity contribution in [3.8, 4) is 5.75 Å². The molecule has 0 aliphatic heterocycles.